The average molecular weight is 247 g/mol. The lowest BCUT2D eigenvalue weighted by molar-refractivity contribution is 0.709. The van der Waals surface area contributed by atoms with E-state index < -0.39 is 0 Å². The molecule has 0 aliphatic rings. The van der Waals surface area contributed by atoms with E-state index in [1.165, 1.54) is 25.2 Å². The summed E-state index contributed by atoms with van der Waals surface area (Å²) in [6.45, 7) is 6.18. The van der Waals surface area contributed by atoms with Crippen LogP contribution in [0.15, 0.2) is 23.3 Å². The molecule has 0 saturated heterocycles. The molecule has 0 amide bonds. The van der Waals surface area contributed by atoms with Crippen molar-refractivity contribution >= 4 is 11.0 Å². The molecule has 2 heterocycles. The maximum absolute atomic E-state index is 11.1. The third-order valence-electron chi connectivity index (χ3n) is 2.63. The minimum absolute atomic E-state index is 0.120. The Morgan fingerprint density at radius 1 is 1.17 bits per heavy atom. The molecule has 0 aliphatic carbocycles. The highest BCUT2D eigenvalue weighted by Gasteiger charge is 2.03. The summed E-state index contributed by atoms with van der Waals surface area (Å²) in [5.74, 6) is 0. The highest BCUT2D eigenvalue weighted by Crippen LogP contribution is 2.13. The van der Waals surface area contributed by atoms with Crippen LogP contribution in [0.25, 0.3) is 11.0 Å². The fourth-order valence-corrected chi connectivity index (χ4v) is 1.77. The summed E-state index contributed by atoms with van der Waals surface area (Å²) in [5, 5.41) is 0.957. The van der Waals surface area contributed by atoms with Crippen molar-refractivity contribution in [2.75, 3.05) is 0 Å². The molecule has 0 spiro atoms. The molecule has 18 heavy (non-hydrogen) atoms. The minimum Gasteiger partial charge on any atom is -0.306 e. The minimum atomic E-state index is -0.120. The van der Waals surface area contributed by atoms with Gasteiger partial charge in [-0.3, -0.25) is 4.79 Å². The molecular formula is C14H21N3O. The number of pyridine rings is 1. The fraction of sp³-hybridized carbons (Fsp3) is 0.500. The van der Waals surface area contributed by atoms with Gasteiger partial charge >= 0.3 is 0 Å². The van der Waals surface area contributed by atoms with E-state index >= 15 is 0 Å². The van der Waals surface area contributed by atoms with Gasteiger partial charge in [0.05, 0.1) is 5.69 Å². The van der Waals surface area contributed by atoms with Crippen molar-refractivity contribution in [2.45, 2.75) is 46.5 Å². The van der Waals surface area contributed by atoms with Gasteiger partial charge < -0.3 is 4.98 Å². The van der Waals surface area contributed by atoms with Gasteiger partial charge in [-0.2, -0.15) is 0 Å². The smallest absolute Gasteiger partial charge is 0.249 e. The van der Waals surface area contributed by atoms with Gasteiger partial charge in [0.25, 0.3) is 0 Å². The molecule has 0 fully saturated rings. The summed E-state index contributed by atoms with van der Waals surface area (Å²) in [6, 6.07) is 3.32. The second kappa shape index (κ2) is 7.58. The van der Waals surface area contributed by atoms with Crippen LogP contribution in [0.1, 0.15) is 45.7 Å². The zero-order chi connectivity index (χ0) is 13.4. The van der Waals surface area contributed by atoms with Crippen LogP contribution in [0.5, 0.6) is 0 Å². The molecular weight excluding hydrogens is 226 g/mol. The first-order valence-corrected chi connectivity index (χ1v) is 6.64. The molecule has 1 N–H and O–H groups in total. The molecule has 0 radical (unpaired) electrons. The van der Waals surface area contributed by atoms with Gasteiger partial charge in [0.2, 0.25) is 5.56 Å². The van der Waals surface area contributed by atoms with Crippen LogP contribution in [0, 0.1) is 0 Å². The largest absolute Gasteiger partial charge is 0.306 e. The van der Waals surface area contributed by atoms with Crippen LogP contribution >= 0.6 is 0 Å². The number of aromatic nitrogens is 3. The van der Waals surface area contributed by atoms with Gasteiger partial charge in [0.1, 0.15) is 12.0 Å². The highest BCUT2D eigenvalue weighted by atomic mass is 16.1. The second-order valence-corrected chi connectivity index (χ2v) is 3.86. The first-order valence-electron chi connectivity index (χ1n) is 6.64. The molecule has 0 atom stereocenters. The van der Waals surface area contributed by atoms with Crippen LogP contribution in [0.2, 0.25) is 0 Å². The number of H-pyrrole nitrogens is 1. The van der Waals surface area contributed by atoms with Crippen molar-refractivity contribution in [2.24, 2.45) is 0 Å². The van der Waals surface area contributed by atoms with Gasteiger partial charge in [0.15, 0.2) is 0 Å². The van der Waals surface area contributed by atoms with E-state index in [1.54, 1.807) is 6.07 Å². The standard InChI is InChI=1S/C12H15N3O.C2H6/c1-2-3-4-5-10-9-6-7-11(16)15-12(9)14-8-13-10;1-2/h6-8H,2-5H2,1H3,(H,13,14,15,16);1-2H3. The van der Waals surface area contributed by atoms with Crippen molar-refractivity contribution in [1.29, 1.82) is 0 Å². The van der Waals surface area contributed by atoms with E-state index in [1.807, 2.05) is 13.8 Å². The molecule has 0 aliphatic heterocycles. The SMILES string of the molecule is CC.CCCCCc1ncnc2[nH]c(=O)ccc12. The Hall–Kier alpha value is -1.71. The number of nitrogens with zero attached hydrogens (tertiary/aromatic N) is 2. The maximum Gasteiger partial charge on any atom is 0.249 e. The molecule has 2 aromatic heterocycles. The molecule has 0 aromatic carbocycles. The first-order chi connectivity index (χ1) is 8.81. The van der Waals surface area contributed by atoms with Gasteiger partial charge in [-0.1, -0.05) is 33.6 Å². The third kappa shape index (κ3) is 3.65. The Morgan fingerprint density at radius 2 is 1.94 bits per heavy atom. The van der Waals surface area contributed by atoms with E-state index in [0.717, 1.165) is 23.9 Å². The lowest BCUT2D eigenvalue weighted by Gasteiger charge is -2.03. The Balaban J connectivity index is 0.000000771. The normalized spacial score (nSPS) is 9.94. The zero-order valence-electron chi connectivity index (χ0n) is 11.4. The van der Waals surface area contributed by atoms with Gasteiger partial charge in [-0.05, 0) is 18.9 Å². The molecule has 2 rings (SSSR count). The third-order valence-corrected chi connectivity index (χ3v) is 2.63. The van der Waals surface area contributed by atoms with E-state index in [4.69, 9.17) is 0 Å². The number of fused-ring (bicyclic) bond motifs is 1. The van der Waals surface area contributed by atoms with Gasteiger partial charge in [-0.25, -0.2) is 9.97 Å². The van der Waals surface area contributed by atoms with Gasteiger partial charge in [-0.15, -0.1) is 0 Å². The Morgan fingerprint density at radius 3 is 2.67 bits per heavy atom. The number of rotatable bonds is 4. The van der Waals surface area contributed by atoms with E-state index in [9.17, 15) is 4.79 Å². The van der Waals surface area contributed by atoms with Crippen LogP contribution in [-0.4, -0.2) is 15.0 Å². The lowest BCUT2D eigenvalue weighted by Crippen LogP contribution is -2.05. The highest BCUT2D eigenvalue weighted by molar-refractivity contribution is 5.76. The molecule has 0 unspecified atom stereocenters. The number of nitrogens with one attached hydrogen (secondary N) is 1. The molecule has 98 valence electrons. The predicted octanol–water partition coefficient (Wildman–Crippen LogP) is 3.08. The number of hydrogen-bond acceptors (Lipinski definition) is 3. The topological polar surface area (TPSA) is 58.6 Å². The molecule has 0 bridgehead atoms. The Bertz CT molecular complexity index is 534. The summed E-state index contributed by atoms with van der Waals surface area (Å²) in [7, 11) is 0. The lowest BCUT2D eigenvalue weighted by atomic mass is 10.1. The van der Waals surface area contributed by atoms with Crippen molar-refractivity contribution < 1.29 is 0 Å². The van der Waals surface area contributed by atoms with Crippen LogP contribution in [-0.2, 0) is 6.42 Å². The summed E-state index contributed by atoms with van der Waals surface area (Å²) >= 11 is 0. The van der Waals surface area contributed by atoms with E-state index in [0.29, 0.717) is 5.65 Å². The zero-order valence-corrected chi connectivity index (χ0v) is 11.4. The van der Waals surface area contributed by atoms with Crippen molar-refractivity contribution in [3.63, 3.8) is 0 Å². The Labute approximate surface area is 107 Å². The monoisotopic (exact) mass is 247 g/mol. The molecule has 4 nitrogen and oxygen atoms in total. The van der Waals surface area contributed by atoms with E-state index in [-0.39, 0.29) is 5.56 Å². The van der Waals surface area contributed by atoms with Crippen molar-refractivity contribution in [1.82, 2.24) is 15.0 Å². The summed E-state index contributed by atoms with van der Waals surface area (Å²) in [6.07, 6.45) is 5.98. The number of aryl methyl sites for hydroxylation is 1. The number of hydrogen-bond donors (Lipinski definition) is 1. The number of aromatic amines is 1. The van der Waals surface area contributed by atoms with E-state index in [2.05, 4.69) is 21.9 Å². The number of unbranched alkanes of at least 4 members (excludes halogenated alkanes) is 2. The van der Waals surface area contributed by atoms with Crippen LogP contribution in [0.3, 0.4) is 0 Å². The summed E-state index contributed by atoms with van der Waals surface area (Å²) in [5.41, 5.74) is 1.54. The first kappa shape index (κ1) is 14.4. The Kier molecular flexibility index (Phi) is 6.05. The molecule has 4 heteroatoms. The predicted molar refractivity (Wildman–Crippen MR) is 74.7 cm³/mol. The maximum atomic E-state index is 11.1. The quantitative estimate of drug-likeness (QED) is 0.845. The average Bonchev–Trinajstić information content (AvgIpc) is 2.41. The molecule has 0 saturated carbocycles. The van der Waals surface area contributed by atoms with Crippen LogP contribution in [0.4, 0.5) is 0 Å². The molecule has 2 aromatic rings. The van der Waals surface area contributed by atoms with Gasteiger partial charge in [0, 0.05) is 11.5 Å². The summed E-state index contributed by atoms with van der Waals surface area (Å²) < 4.78 is 0. The summed E-state index contributed by atoms with van der Waals surface area (Å²) in [4.78, 5) is 22.2. The fourth-order valence-electron chi connectivity index (χ4n) is 1.77. The van der Waals surface area contributed by atoms with Crippen molar-refractivity contribution in [3.8, 4) is 0 Å². The van der Waals surface area contributed by atoms with Crippen LogP contribution < -0.4 is 5.56 Å². The second-order valence-electron chi connectivity index (χ2n) is 3.86. The van der Waals surface area contributed by atoms with Crippen molar-refractivity contribution in [3.05, 3.63) is 34.5 Å².